The van der Waals surface area contributed by atoms with Crippen LogP contribution in [-0.4, -0.2) is 10.9 Å². The zero-order valence-corrected chi connectivity index (χ0v) is 13.7. The van der Waals surface area contributed by atoms with Crippen LogP contribution in [0.25, 0.3) is 10.2 Å². The molecular weight excluding hydrogens is 280 g/mol. The second-order valence-corrected chi connectivity index (χ2v) is 8.27. The number of thiophene rings is 1. The Balaban J connectivity index is 1.95. The first-order valence-corrected chi connectivity index (χ1v) is 8.34. The van der Waals surface area contributed by atoms with Crippen molar-refractivity contribution in [3.05, 3.63) is 28.3 Å². The number of aryl methyl sites for hydroxylation is 1. The number of nitrogens with zero attached hydrogens (tertiary/aromatic N) is 1. The fourth-order valence-electron chi connectivity index (χ4n) is 3.17. The number of hydrogen-bond acceptors (Lipinski definition) is 3. The lowest BCUT2D eigenvalue weighted by Gasteiger charge is -2.34. The first kappa shape index (κ1) is 14.5. The Labute approximate surface area is 129 Å². The second kappa shape index (κ2) is 5.09. The molecule has 2 aromatic rings. The number of aromatic nitrogens is 1. The van der Waals surface area contributed by atoms with Crippen molar-refractivity contribution in [1.29, 1.82) is 0 Å². The van der Waals surface area contributed by atoms with Crippen LogP contribution in [0.2, 0.25) is 0 Å². The summed E-state index contributed by atoms with van der Waals surface area (Å²) in [6.45, 7) is 6.97. The molecule has 3 rings (SSSR count). The fraction of sp³-hybridized carbons (Fsp3) is 0.529. The van der Waals surface area contributed by atoms with Crippen molar-refractivity contribution in [3.63, 3.8) is 0 Å². The maximum absolute atomic E-state index is 11.1. The zero-order valence-electron chi connectivity index (χ0n) is 12.9. The molecule has 21 heavy (non-hydrogen) atoms. The molecule has 0 bridgehead atoms. The van der Waals surface area contributed by atoms with Crippen molar-refractivity contribution in [2.45, 2.75) is 46.5 Å². The molecule has 0 saturated heterocycles. The minimum atomic E-state index is -0.279. The van der Waals surface area contributed by atoms with Crippen LogP contribution in [0.5, 0.6) is 0 Å². The van der Waals surface area contributed by atoms with E-state index in [1.807, 2.05) is 0 Å². The molecule has 0 saturated carbocycles. The van der Waals surface area contributed by atoms with Gasteiger partial charge in [0.1, 0.15) is 4.83 Å². The summed E-state index contributed by atoms with van der Waals surface area (Å²) in [6.07, 6.45) is 3.71. The molecule has 0 aliphatic heterocycles. The van der Waals surface area contributed by atoms with Gasteiger partial charge in [0, 0.05) is 16.0 Å². The van der Waals surface area contributed by atoms with Gasteiger partial charge in [-0.25, -0.2) is 4.98 Å². The van der Waals surface area contributed by atoms with Crippen molar-refractivity contribution in [1.82, 2.24) is 4.98 Å². The maximum Gasteiger partial charge on any atom is 0.222 e. The smallest absolute Gasteiger partial charge is 0.222 e. The van der Waals surface area contributed by atoms with Crippen molar-refractivity contribution in [3.8, 4) is 0 Å². The molecule has 0 aromatic carbocycles. The summed E-state index contributed by atoms with van der Waals surface area (Å²) in [6, 6.07) is 4.34. The minimum absolute atomic E-state index is 0.279. The number of primary amides is 1. The van der Waals surface area contributed by atoms with E-state index in [0.29, 0.717) is 17.8 Å². The van der Waals surface area contributed by atoms with Crippen molar-refractivity contribution in [2.75, 3.05) is 0 Å². The Hall–Kier alpha value is -1.42. The number of hydrogen-bond donors (Lipinski definition) is 1. The Morgan fingerprint density at radius 2 is 2.19 bits per heavy atom. The fourth-order valence-corrected chi connectivity index (χ4v) is 4.21. The van der Waals surface area contributed by atoms with Crippen LogP contribution in [0.15, 0.2) is 12.1 Å². The van der Waals surface area contributed by atoms with Crippen LogP contribution < -0.4 is 5.73 Å². The quantitative estimate of drug-likeness (QED) is 0.923. The van der Waals surface area contributed by atoms with Gasteiger partial charge in [0.15, 0.2) is 0 Å². The van der Waals surface area contributed by atoms with E-state index in [4.69, 9.17) is 10.7 Å². The van der Waals surface area contributed by atoms with E-state index in [1.54, 1.807) is 11.3 Å². The van der Waals surface area contributed by atoms with Crippen LogP contribution in [-0.2, 0) is 24.1 Å². The van der Waals surface area contributed by atoms with Gasteiger partial charge >= 0.3 is 0 Å². The van der Waals surface area contributed by atoms with E-state index in [-0.39, 0.29) is 5.91 Å². The number of nitrogens with two attached hydrogens (primary N) is 1. The molecule has 0 fully saturated rings. The summed E-state index contributed by atoms with van der Waals surface area (Å²) in [5.41, 5.74) is 8.26. The van der Waals surface area contributed by atoms with Crippen LogP contribution in [0.3, 0.4) is 0 Å². The highest BCUT2D eigenvalue weighted by Gasteiger charge is 2.29. The summed E-state index contributed by atoms with van der Waals surface area (Å²) >= 11 is 1.59. The molecule has 1 atom stereocenters. The van der Waals surface area contributed by atoms with Gasteiger partial charge in [0.05, 0.1) is 6.42 Å². The van der Waals surface area contributed by atoms with Gasteiger partial charge in [-0.1, -0.05) is 20.8 Å². The normalized spacial score (nSPS) is 18.7. The summed E-state index contributed by atoms with van der Waals surface area (Å²) in [7, 11) is 0. The Bertz CT molecular complexity index is 697. The standard InChI is InChI=1S/C17H22N2OS/c1-17(2,3)12-4-5-14-10(7-12)6-11-8-13(9-15(18)20)21-16(11)19-14/h6,8,12H,4-5,7,9H2,1-3H3,(H2,18,20). The SMILES string of the molecule is CC(C)(C)C1CCc2nc3sc(CC(N)=O)cc3cc2C1. The van der Waals surface area contributed by atoms with Gasteiger partial charge in [0.2, 0.25) is 5.91 Å². The summed E-state index contributed by atoms with van der Waals surface area (Å²) in [4.78, 5) is 17.9. The molecular formula is C17H22N2OS. The lowest BCUT2D eigenvalue weighted by Crippen LogP contribution is -2.27. The first-order valence-electron chi connectivity index (χ1n) is 7.52. The average Bonchev–Trinajstić information content (AvgIpc) is 2.73. The number of carbonyl (C=O) groups excluding carboxylic acids is 1. The topological polar surface area (TPSA) is 56.0 Å². The van der Waals surface area contributed by atoms with Gasteiger partial charge in [-0.05, 0) is 48.3 Å². The highest BCUT2D eigenvalue weighted by molar-refractivity contribution is 7.18. The minimum Gasteiger partial charge on any atom is -0.369 e. The van der Waals surface area contributed by atoms with E-state index in [9.17, 15) is 4.79 Å². The van der Waals surface area contributed by atoms with Crippen molar-refractivity contribution < 1.29 is 4.79 Å². The predicted molar refractivity (Wildman–Crippen MR) is 87.5 cm³/mol. The molecule has 1 aliphatic rings. The summed E-state index contributed by atoms with van der Waals surface area (Å²) in [5, 5.41) is 1.16. The van der Waals surface area contributed by atoms with Crippen LogP contribution >= 0.6 is 11.3 Å². The number of fused-ring (bicyclic) bond motifs is 2. The van der Waals surface area contributed by atoms with Gasteiger partial charge in [-0.3, -0.25) is 4.79 Å². The third kappa shape index (κ3) is 2.95. The van der Waals surface area contributed by atoms with E-state index >= 15 is 0 Å². The van der Waals surface area contributed by atoms with Crippen molar-refractivity contribution >= 4 is 27.5 Å². The lowest BCUT2D eigenvalue weighted by molar-refractivity contribution is -0.117. The second-order valence-electron chi connectivity index (χ2n) is 7.15. The van der Waals surface area contributed by atoms with Gasteiger partial charge < -0.3 is 5.73 Å². The van der Waals surface area contributed by atoms with Gasteiger partial charge in [-0.15, -0.1) is 11.3 Å². The predicted octanol–water partition coefficient (Wildman–Crippen LogP) is 3.48. The monoisotopic (exact) mass is 302 g/mol. The summed E-state index contributed by atoms with van der Waals surface area (Å²) in [5.74, 6) is 0.437. The molecule has 0 radical (unpaired) electrons. The van der Waals surface area contributed by atoms with E-state index in [2.05, 4.69) is 32.9 Å². The van der Waals surface area contributed by atoms with Crippen LogP contribution in [0.1, 0.15) is 43.3 Å². The summed E-state index contributed by atoms with van der Waals surface area (Å²) < 4.78 is 0. The average molecular weight is 302 g/mol. The molecule has 2 aromatic heterocycles. The number of rotatable bonds is 2. The molecule has 2 N–H and O–H groups in total. The van der Waals surface area contributed by atoms with Crippen LogP contribution in [0.4, 0.5) is 0 Å². The van der Waals surface area contributed by atoms with Crippen LogP contribution in [0, 0.1) is 11.3 Å². The Kier molecular flexibility index (Phi) is 3.52. The molecule has 1 unspecified atom stereocenters. The molecule has 0 spiro atoms. The molecule has 1 aliphatic carbocycles. The third-order valence-corrected chi connectivity index (χ3v) is 5.54. The Morgan fingerprint density at radius 1 is 1.43 bits per heavy atom. The molecule has 1 amide bonds. The number of amides is 1. The van der Waals surface area contributed by atoms with E-state index in [0.717, 1.165) is 27.9 Å². The molecule has 3 nitrogen and oxygen atoms in total. The molecule has 2 heterocycles. The molecule has 112 valence electrons. The van der Waals surface area contributed by atoms with E-state index in [1.165, 1.54) is 17.7 Å². The number of carbonyl (C=O) groups is 1. The van der Waals surface area contributed by atoms with Gasteiger partial charge in [0.25, 0.3) is 0 Å². The first-order chi connectivity index (χ1) is 9.83. The maximum atomic E-state index is 11.1. The highest BCUT2D eigenvalue weighted by atomic mass is 32.1. The zero-order chi connectivity index (χ0) is 15.2. The van der Waals surface area contributed by atoms with E-state index < -0.39 is 0 Å². The molecule has 4 heteroatoms. The van der Waals surface area contributed by atoms with Gasteiger partial charge in [-0.2, -0.15) is 0 Å². The lowest BCUT2D eigenvalue weighted by atomic mass is 9.71. The highest BCUT2D eigenvalue weighted by Crippen LogP contribution is 2.38. The van der Waals surface area contributed by atoms with Crippen molar-refractivity contribution in [2.24, 2.45) is 17.1 Å². The third-order valence-electron chi connectivity index (χ3n) is 4.50. The largest absolute Gasteiger partial charge is 0.369 e. The Morgan fingerprint density at radius 3 is 2.86 bits per heavy atom. The number of pyridine rings is 1.